The monoisotopic (exact) mass is 280 g/mol. The van der Waals surface area contributed by atoms with E-state index >= 15 is 0 Å². The molecule has 0 radical (unpaired) electrons. The Hall–Kier alpha value is -1.62. The van der Waals surface area contributed by atoms with Gasteiger partial charge < -0.3 is 0 Å². The molecule has 0 heterocycles. The smallest absolute Gasteiger partial charge is 0.203 e. The van der Waals surface area contributed by atoms with E-state index in [2.05, 4.69) is 11.8 Å². The molecule has 1 aromatic rings. The Labute approximate surface area is 115 Å². The maximum Gasteiger partial charge on any atom is 0.203 e. The number of allylic oxidation sites excluding steroid dienone is 1. The van der Waals surface area contributed by atoms with Crippen molar-refractivity contribution in [2.75, 3.05) is 0 Å². The lowest BCUT2D eigenvalue weighted by Crippen LogP contribution is -2.44. The number of hydrogen-bond donors (Lipinski definition) is 0. The van der Waals surface area contributed by atoms with Crippen LogP contribution in [-0.2, 0) is 9.84 Å². The van der Waals surface area contributed by atoms with Crippen molar-refractivity contribution in [3.8, 4) is 0 Å². The first kappa shape index (κ1) is 15.4. The van der Waals surface area contributed by atoms with E-state index in [0.717, 1.165) is 5.56 Å². The second-order valence-electron chi connectivity index (χ2n) is 4.73. The fourth-order valence-corrected chi connectivity index (χ4v) is 3.10. The Morgan fingerprint density at radius 2 is 1.79 bits per heavy atom. The van der Waals surface area contributed by atoms with Crippen LogP contribution in [0.3, 0.4) is 0 Å². The third-order valence-corrected chi connectivity index (χ3v) is 5.38. The Kier molecular flexibility index (Phi) is 4.52. The molecule has 0 saturated carbocycles. The molecule has 0 amide bonds. The molecule has 1 aromatic carbocycles. The van der Waals surface area contributed by atoms with Gasteiger partial charge in [-0.1, -0.05) is 23.8 Å². The predicted molar refractivity (Wildman–Crippen MR) is 78.6 cm³/mol. The third kappa shape index (κ3) is 2.87. The molecule has 19 heavy (non-hydrogen) atoms. The molecule has 0 aromatic heterocycles. The molecule has 5 heteroatoms. The van der Waals surface area contributed by atoms with Crippen LogP contribution in [0, 0.1) is 6.92 Å². The molecule has 0 fully saturated rings. The molecule has 1 rings (SSSR count). The van der Waals surface area contributed by atoms with E-state index in [9.17, 15) is 8.42 Å². The summed E-state index contributed by atoms with van der Waals surface area (Å²) in [4.78, 5) is -0.919. The van der Waals surface area contributed by atoms with Gasteiger partial charge in [0.1, 0.15) is 0 Å². The van der Waals surface area contributed by atoms with Crippen molar-refractivity contribution in [1.29, 1.82) is 0 Å². The van der Waals surface area contributed by atoms with Crippen molar-refractivity contribution in [2.24, 2.45) is 5.10 Å². The molecular weight excluding hydrogens is 260 g/mol. The standard InChI is InChI=1S/C14H20N2O2S/c1-6-11-16(15-5)14(3,4)19(17,18)13-9-7-12(2)8-10-13/h6-11H,5H2,1-4H3/b11-6-. The topological polar surface area (TPSA) is 49.7 Å². The first-order valence-electron chi connectivity index (χ1n) is 5.97. The van der Waals surface area contributed by atoms with Crippen molar-refractivity contribution in [2.45, 2.75) is 37.5 Å². The summed E-state index contributed by atoms with van der Waals surface area (Å²) in [5.74, 6) is 0. The molecule has 0 saturated heterocycles. The highest BCUT2D eigenvalue weighted by atomic mass is 32.2. The summed E-state index contributed by atoms with van der Waals surface area (Å²) in [7, 11) is -3.55. The minimum absolute atomic E-state index is 0.279. The maximum absolute atomic E-state index is 12.7. The SMILES string of the molecule is C=NN(/C=C\C)C(C)(C)S(=O)(=O)c1ccc(C)cc1. The number of aryl methyl sites for hydroxylation is 1. The summed E-state index contributed by atoms with van der Waals surface area (Å²) >= 11 is 0. The van der Waals surface area contributed by atoms with Crippen LogP contribution in [0.4, 0.5) is 0 Å². The number of nitrogens with zero attached hydrogens (tertiary/aromatic N) is 2. The average Bonchev–Trinajstić information content (AvgIpc) is 2.36. The summed E-state index contributed by atoms with van der Waals surface area (Å²) in [5, 5.41) is 5.13. The first-order valence-corrected chi connectivity index (χ1v) is 7.45. The highest BCUT2D eigenvalue weighted by Gasteiger charge is 2.40. The van der Waals surface area contributed by atoms with Gasteiger partial charge in [-0.05, 0) is 39.8 Å². The summed E-state index contributed by atoms with van der Waals surface area (Å²) in [6.07, 6.45) is 3.32. The minimum Gasteiger partial charge on any atom is -0.253 e. The maximum atomic E-state index is 12.7. The zero-order valence-electron chi connectivity index (χ0n) is 11.8. The highest BCUT2D eigenvalue weighted by molar-refractivity contribution is 7.92. The van der Waals surface area contributed by atoms with Crippen LogP contribution in [0.15, 0.2) is 46.5 Å². The average molecular weight is 280 g/mol. The van der Waals surface area contributed by atoms with Crippen LogP contribution in [0.25, 0.3) is 0 Å². The van der Waals surface area contributed by atoms with Crippen LogP contribution in [0.1, 0.15) is 26.3 Å². The van der Waals surface area contributed by atoms with Gasteiger partial charge >= 0.3 is 0 Å². The molecule has 0 spiro atoms. The Bertz CT molecular complexity index is 572. The molecular formula is C14H20N2O2S. The Morgan fingerprint density at radius 1 is 1.26 bits per heavy atom. The number of hydrogen-bond acceptors (Lipinski definition) is 4. The molecule has 4 nitrogen and oxygen atoms in total. The summed E-state index contributed by atoms with van der Waals surface area (Å²) in [6.45, 7) is 10.4. The van der Waals surface area contributed by atoms with Crippen molar-refractivity contribution in [1.82, 2.24) is 5.01 Å². The molecule has 0 aliphatic heterocycles. The summed E-state index contributed by atoms with van der Waals surface area (Å²) < 4.78 is 25.4. The highest BCUT2D eigenvalue weighted by Crippen LogP contribution is 2.29. The zero-order valence-corrected chi connectivity index (χ0v) is 12.6. The lowest BCUT2D eigenvalue weighted by Gasteiger charge is -2.32. The van der Waals surface area contributed by atoms with Crippen LogP contribution in [-0.4, -0.2) is 25.0 Å². The summed E-state index contributed by atoms with van der Waals surface area (Å²) in [5.41, 5.74) is 1.02. The number of benzene rings is 1. The lowest BCUT2D eigenvalue weighted by molar-refractivity contribution is 0.277. The molecule has 0 unspecified atom stereocenters. The van der Waals surface area contributed by atoms with Gasteiger partial charge in [-0.3, -0.25) is 5.01 Å². The largest absolute Gasteiger partial charge is 0.253 e. The van der Waals surface area contributed by atoms with Crippen LogP contribution >= 0.6 is 0 Å². The predicted octanol–water partition coefficient (Wildman–Crippen LogP) is 2.96. The molecule has 0 aliphatic rings. The molecule has 0 aliphatic carbocycles. The number of sulfone groups is 1. The van der Waals surface area contributed by atoms with Gasteiger partial charge in [-0.15, -0.1) is 0 Å². The Morgan fingerprint density at radius 3 is 2.21 bits per heavy atom. The molecule has 0 N–H and O–H groups in total. The van der Waals surface area contributed by atoms with E-state index in [-0.39, 0.29) is 4.90 Å². The fourth-order valence-electron chi connectivity index (χ4n) is 1.67. The van der Waals surface area contributed by atoms with E-state index in [1.807, 2.05) is 6.92 Å². The first-order chi connectivity index (χ1) is 8.77. The van der Waals surface area contributed by atoms with Crippen LogP contribution in [0.2, 0.25) is 0 Å². The summed E-state index contributed by atoms with van der Waals surface area (Å²) in [6, 6.07) is 6.79. The van der Waals surface area contributed by atoms with Crippen LogP contribution < -0.4 is 0 Å². The van der Waals surface area contributed by atoms with Gasteiger partial charge in [0, 0.05) is 12.9 Å². The quantitative estimate of drug-likeness (QED) is 0.615. The van der Waals surface area contributed by atoms with Gasteiger partial charge in [-0.25, -0.2) is 8.42 Å². The van der Waals surface area contributed by atoms with Crippen molar-refractivity contribution < 1.29 is 8.42 Å². The second kappa shape index (κ2) is 5.57. The van der Waals surface area contributed by atoms with E-state index in [4.69, 9.17) is 0 Å². The molecule has 104 valence electrons. The van der Waals surface area contributed by atoms with Gasteiger partial charge in [0.05, 0.1) is 4.90 Å². The number of hydrazone groups is 1. The van der Waals surface area contributed by atoms with Crippen molar-refractivity contribution >= 4 is 16.6 Å². The van der Waals surface area contributed by atoms with E-state index < -0.39 is 14.7 Å². The normalized spacial score (nSPS) is 12.6. The van der Waals surface area contributed by atoms with E-state index in [0.29, 0.717) is 0 Å². The van der Waals surface area contributed by atoms with E-state index in [1.54, 1.807) is 57.3 Å². The zero-order chi connectivity index (χ0) is 14.7. The van der Waals surface area contributed by atoms with Gasteiger partial charge in [-0.2, -0.15) is 5.10 Å². The van der Waals surface area contributed by atoms with Crippen molar-refractivity contribution in [3.05, 3.63) is 42.1 Å². The lowest BCUT2D eigenvalue weighted by atomic mass is 10.2. The van der Waals surface area contributed by atoms with Crippen LogP contribution in [0.5, 0.6) is 0 Å². The van der Waals surface area contributed by atoms with Gasteiger partial charge in [0.2, 0.25) is 9.84 Å². The fraction of sp³-hybridized carbons (Fsp3) is 0.357. The molecule has 0 bridgehead atoms. The third-order valence-electron chi connectivity index (χ3n) is 2.98. The van der Waals surface area contributed by atoms with Crippen molar-refractivity contribution in [3.63, 3.8) is 0 Å². The van der Waals surface area contributed by atoms with E-state index in [1.165, 1.54) is 5.01 Å². The number of rotatable bonds is 5. The Balaban J connectivity index is 3.32. The molecule has 0 atom stereocenters. The van der Waals surface area contributed by atoms with Gasteiger partial charge in [0.25, 0.3) is 0 Å². The van der Waals surface area contributed by atoms with Gasteiger partial charge in [0.15, 0.2) is 4.87 Å². The minimum atomic E-state index is -3.55. The second-order valence-corrected chi connectivity index (χ2v) is 7.21.